The molecule has 0 radical (unpaired) electrons. The van der Waals surface area contributed by atoms with Gasteiger partial charge in [0.05, 0.1) is 32.9 Å². The fourth-order valence-corrected chi connectivity index (χ4v) is 2.87. The Morgan fingerprint density at radius 3 is 2.77 bits per heavy atom. The minimum Gasteiger partial charge on any atom is -0.493 e. The van der Waals surface area contributed by atoms with E-state index in [2.05, 4.69) is 4.98 Å². The number of thiazole rings is 1. The number of para-hydroxylation sites is 1. The maximum Gasteiger partial charge on any atom is 0.273 e. The summed E-state index contributed by atoms with van der Waals surface area (Å²) in [7, 11) is 3.08. The van der Waals surface area contributed by atoms with Crippen molar-refractivity contribution in [1.82, 2.24) is 9.88 Å². The van der Waals surface area contributed by atoms with Gasteiger partial charge >= 0.3 is 0 Å². The van der Waals surface area contributed by atoms with Crippen LogP contribution in [0, 0.1) is 0 Å². The molecule has 1 saturated heterocycles. The summed E-state index contributed by atoms with van der Waals surface area (Å²) in [5.41, 5.74) is 0.495. The first-order chi connectivity index (χ1) is 10.7. The van der Waals surface area contributed by atoms with Gasteiger partial charge in [-0.05, 0) is 12.1 Å². The largest absolute Gasteiger partial charge is 0.493 e. The van der Waals surface area contributed by atoms with Crippen LogP contribution in [0.3, 0.4) is 0 Å². The van der Waals surface area contributed by atoms with E-state index >= 15 is 0 Å². The molecule has 0 aliphatic carbocycles. The molecule has 22 heavy (non-hydrogen) atoms. The zero-order valence-corrected chi connectivity index (χ0v) is 13.1. The van der Waals surface area contributed by atoms with Crippen LogP contribution in [0.15, 0.2) is 29.8 Å². The number of carbonyl (C=O) groups is 1. The Labute approximate surface area is 132 Å². The third-order valence-electron chi connectivity index (χ3n) is 3.45. The molecule has 0 N–H and O–H groups in total. The van der Waals surface area contributed by atoms with Gasteiger partial charge < -0.3 is 19.1 Å². The van der Waals surface area contributed by atoms with E-state index in [0.717, 1.165) is 0 Å². The minimum atomic E-state index is -0.0882. The number of benzene rings is 1. The number of hydrogen-bond donors (Lipinski definition) is 0. The standard InChI is InChI=1S/C15H16N2O4S/c1-19-12-5-3-4-11(13(12)20-2)14(18)17-8-10(9-17)21-15-16-6-7-22-15/h3-7,10H,8-9H2,1-2H3. The highest BCUT2D eigenvalue weighted by Crippen LogP contribution is 2.32. The summed E-state index contributed by atoms with van der Waals surface area (Å²) in [6.07, 6.45) is 1.69. The second-order valence-corrected chi connectivity index (χ2v) is 5.65. The predicted octanol–water partition coefficient (Wildman–Crippen LogP) is 2.06. The molecule has 1 aliphatic rings. The van der Waals surface area contributed by atoms with Crippen molar-refractivity contribution in [2.24, 2.45) is 0 Å². The predicted molar refractivity (Wildman–Crippen MR) is 82.0 cm³/mol. The van der Waals surface area contributed by atoms with E-state index in [9.17, 15) is 4.79 Å². The van der Waals surface area contributed by atoms with Gasteiger partial charge in [-0.15, -0.1) is 0 Å². The van der Waals surface area contributed by atoms with E-state index in [1.807, 2.05) is 5.38 Å². The average Bonchev–Trinajstić information content (AvgIpc) is 3.02. The Kier molecular flexibility index (Phi) is 4.15. The lowest BCUT2D eigenvalue weighted by Crippen LogP contribution is -2.56. The molecule has 1 aromatic heterocycles. The first-order valence-corrected chi connectivity index (χ1v) is 7.67. The number of ether oxygens (including phenoxy) is 3. The van der Waals surface area contributed by atoms with E-state index in [1.54, 1.807) is 36.4 Å². The highest BCUT2D eigenvalue weighted by molar-refractivity contribution is 7.11. The third-order valence-corrected chi connectivity index (χ3v) is 4.11. The zero-order valence-electron chi connectivity index (χ0n) is 12.3. The molecule has 116 valence electrons. The lowest BCUT2D eigenvalue weighted by Gasteiger charge is -2.38. The number of nitrogens with zero attached hydrogens (tertiary/aromatic N) is 2. The van der Waals surface area contributed by atoms with E-state index < -0.39 is 0 Å². The number of aromatic nitrogens is 1. The quantitative estimate of drug-likeness (QED) is 0.844. The van der Waals surface area contributed by atoms with E-state index in [4.69, 9.17) is 14.2 Å². The van der Waals surface area contributed by atoms with Crippen molar-refractivity contribution in [3.63, 3.8) is 0 Å². The molecule has 0 spiro atoms. The molecule has 3 rings (SSSR count). The van der Waals surface area contributed by atoms with Crippen molar-refractivity contribution >= 4 is 17.2 Å². The Balaban J connectivity index is 1.66. The summed E-state index contributed by atoms with van der Waals surface area (Å²) >= 11 is 1.44. The van der Waals surface area contributed by atoms with Gasteiger partial charge in [0.15, 0.2) is 11.5 Å². The smallest absolute Gasteiger partial charge is 0.273 e. The van der Waals surface area contributed by atoms with Gasteiger partial charge in [0.2, 0.25) is 0 Å². The second kappa shape index (κ2) is 6.23. The summed E-state index contributed by atoms with van der Waals surface area (Å²) in [4.78, 5) is 18.3. The van der Waals surface area contributed by atoms with Crippen LogP contribution in [-0.2, 0) is 0 Å². The molecule has 0 unspecified atom stereocenters. The molecular weight excluding hydrogens is 304 g/mol. The van der Waals surface area contributed by atoms with Crippen LogP contribution in [0.25, 0.3) is 0 Å². The van der Waals surface area contributed by atoms with E-state index in [-0.39, 0.29) is 12.0 Å². The number of carbonyl (C=O) groups excluding carboxylic acids is 1. The Morgan fingerprint density at radius 1 is 1.32 bits per heavy atom. The van der Waals surface area contributed by atoms with Gasteiger partial charge in [0.1, 0.15) is 6.10 Å². The molecule has 7 heteroatoms. The molecule has 1 fully saturated rings. The van der Waals surface area contributed by atoms with Gasteiger partial charge in [-0.1, -0.05) is 17.4 Å². The highest BCUT2D eigenvalue weighted by atomic mass is 32.1. The summed E-state index contributed by atoms with van der Waals surface area (Å²) in [6, 6.07) is 5.27. The number of hydrogen-bond acceptors (Lipinski definition) is 6. The normalized spacial score (nSPS) is 14.4. The van der Waals surface area contributed by atoms with Crippen LogP contribution in [0.1, 0.15) is 10.4 Å². The number of methoxy groups -OCH3 is 2. The summed E-state index contributed by atoms with van der Waals surface area (Å²) in [5, 5.41) is 2.49. The van der Waals surface area contributed by atoms with Gasteiger partial charge in [0, 0.05) is 11.6 Å². The van der Waals surface area contributed by atoms with Crippen molar-refractivity contribution in [3.05, 3.63) is 35.3 Å². The number of amides is 1. The third kappa shape index (κ3) is 2.71. The van der Waals surface area contributed by atoms with Crippen LogP contribution in [0.5, 0.6) is 16.7 Å². The molecule has 1 aliphatic heterocycles. The van der Waals surface area contributed by atoms with Crippen molar-refractivity contribution in [3.8, 4) is 16.7 Å². The molecule has 0 bridgehead atoms. The second-order valence-electron chi connectivity index (χ2n) is 4.79. The maximum atomic E-state index is 12.5. The first kappa shape index (κ1) is 14.6. The Morgan fingerprint density at radius 2 is 2.14 bits per heavy atom. The lowest BCUT2D eigenvalue weighted by atomic mass is 10.1. The maximum absolute atomic E-state index is 12.5. The van der Waals surface area contributed by atoms with Gasteiger partial charge in [-0.3, -0.25) is 4.79 Å². The summed E-state index contributed by atoms with van der Waals surface area (Å²) in [6.45, 7) is 1.08. The summed E-state index contributed by atoms with van der Waals surface area (Å²) < 4.78 is 16.2. The van der Waals surface area contributed by atoms with Crippen molar-refractivity contribution in [2.75, 3.05) is 27.3 Å². The van der Waals surface area contributed by atoms with Crippen molar-refractivity contribution < 1.29 is 19.0 Å². The SMILES string of the molecule is COc1cccc(C(=O)N2CC(Oc3nccs3)C2)c1OC. The minimum absolute atomic E-state index is 0.00768. The van der Waals surface area contributed by atoms with Crippen molar-refractivity contribution in [2.45, 2.75) is 6.10 Å². The fourth-order valence-electron chi connectivity index (χ4n) is 2.32. The number of likely N-dealkylation sites (tertiary alicyclic amines) is 1. The number of rotatable bonds is 5. The van der Waals surface area contributed by atoms with Crippen LogP contribution in [-0.4, -0.2) is 49.2 Å². The Hall–Kier alpha value is -2.28. The highest BCUT2D eigenvalue weighted by Gasteiger charge is 2.34. The molecular formula is C15H16N2O4S. The van der Waals surface area contributed by atoms with Crippen LogP contribution in [0.4, 0.5) is 0 Å². The van der Waals surface area contributed by atoms with Gasteiger partial charge in [0.25, 0.3) is 11.1 Å². The van der Waals surface area contributed by atoms with E-state index in [1.165, 1.54) is 18.4 Å². The summed E-state index contributed by atoms with van der Waals surface area (Å²) in [5.74, 6) is 0.915. The lowest BCUT2D eigenvalue weighted by molar-refractivity contribution is 0.0174. The van der Waals surface area contributed by atoms with Crippen LogP contribution >= 0.6 is 11.3 Å². The van der Waals surface area contributed by atoms with Crippen LogP contribution in [0.2, 0.25) is 0 Å². The molecule has 6 nitrogen and oxygen atoms in total. The van der Waals surface area contributed by atoms with Crippen LogP contribution < -0.4 is 14.2 Å². The Bertz CT molecular complexity index is 654. The molecule has 1 amide bonds. The molecule has 0 saturated carbocycles. The molecule has 0 atom stereocenters. The average molecular weight is 320 g/mol. The van der Waals surface area contributed by atoms with Crippen molar-refractivity contribution in [1.29, 1.82) is 0 Å². The topological polar surface area (TPSA) is 60.9 Å². The zero-order chi connectivity index (χ0) is 15.5. The monoisotopic (exact) mass is 320 g/mol. The fraction of sp³-hybridized carbons (Fsp3) is 0.333. The van der Waals surface area contributed by atoms with Gasteiger partial charge in [-0.2, -0.15) is 0 Å². The van der Waals surface area contributed by atoms with E-state index in [0.29, 0.717) is 35.3 Å². The molecule has 1 aromatic carbocycles. The molecule has 2 heterocycles. The van der Waals surface area contributed by atoms with Gasteiger partial charge in [-0.25, -0.2) is 4.98 Å². The first-order valence-electron chi connectivity index (χ1n) is 6.79. The molecule has 2 aromatic rings.